The van der Waals surface area contributed by atoms with E-state index in [2.05, 4.69) is 0 Å². The van der Waals surface area contributed by atoms with Gasteiger partial charge < -0.3 is 14.2 Å². The van der Waals surface area contributed by atoms with Crippen molar-refractivity contribution in [3.63, 3.8) is 0 Å². The molecule has 2 rings (SSSR count). The van der Waals surface area contributed by atoms with Gasteiger partial charge in [0.15, 0.2) is 11.9 Å². The van der Waals surface area contributed by atoms with E-state index in [1.54, 1.807) is 7.11 Å². The van der Waals surface area contributed by atoms with Gasteiger partial charge in [0.25, 0.3) is 0 Å². The van der Waals surface area contributed by atoms with Gasteiger partial charge in [-0.05, 0) is 17.7 Å². The fourth-order valence-corrected chi connectivity index (χ4v) is 1.91. The van der Waals surface area contributed by atoms with Gasteiger partial charge in [0.05, 0.1) is 14.2 Å². The van der Waals surface area contributed by atoms with Crippen LogP contribution < -0.4 is 4.74 Å². The number of ketones is 1. The molecule has 0 bridgehead atoms. The first kappa shape index (κ1) is 11.7. The topological polar surface area (TPSA) is 44.8 Å². The third kappa shape index (κ3) is 1.80. The average Bonchev–Trinajstić information content (AvgIpc) is 2.37. The maximum atomic E-state index is 11.6. The van der Waals surface area contributed by atoms with Crippen LogP contribution in [-0.2, 0) is 14.3 Å². The van der Waals surface area contributed by atoms with Gasteiger partial charge in [-0.15, -0.1) is 0 Å². The molecular formula is C13H14O4. The zero-order valence-corrected chi connectivity index (χ0v) is 10.0. The molecule has 0 saturated carbocycles. The summed E-state index contributed by atoms with van der Waals surface area (Å²) in [4.78, 5) is 11.6. The maximum Gasteiger partial charge on any atom is 0.231 e. The predicted molar refractivity (Wildman–Crippen MR) is 62.7 cm³/mol. The Labute approximate surface area is 99.8 Å². The van der Waals surface area contributed by atoms with Crippen molar-refractivity contribution < 1.29 is 19.0 Å². The zero-order chi connectivity index (χ0) is 12.4. The van der Waals surface area contributed by atoms with Gasteiger partial charge in [0.1, 0.15) is 5.75 Å². The summed E-state index contributed by atoms with van der Waals surface area (Å²) in [7, 11) is 4.61. The highest BCUT2D eigenvalue weighted by atomic mass is 16.5. The van der Waals surface area contributed by atoms with E-state index < -0.39 is 6.10 Å². The van der Waals surface area contributed by atoms with Gasteiger partial charge in [-0.25, -0.2) is 0 Å². The van der Waals surface area contributed by atoms with Crippen LogP contribution in [0, 0.1) is 0 Å². The molecule has 1 atom stereocenters. The lowest BCUT2D eigenvalue weighted by molar-refractivity contribution is -0.128. The highest BCUT2D eigenvalue weighted by molar-refractivity contribution is 6.19. The van der Waals surface area contributed by atoms with Crippen molar-refractivity contribution in [2.75, 3.05) is 21.3 Å². The van der Waals surface area contributed by atoms with Gasteiger partial charge in [-0.3, -0.25) is 4.79 Å². The van der Waals surface area contributed by atoms with Crippen molar-refractivity contribution >= 4 is 11.4 Å². The summed E-state index contributed by atoms with van der Waals surface area (Å²) < 4.78 is 15.3. The van der Waals surface area contributed by atoms with E-state index in [4.69, 9.17) is 14.2 Å². The summed E-state index contributed by atoms with van der Waals surface area (Å²) in [5.41, 5.74) is 1.71. The van der Waals surface area contributed by atoms with E-state index in [0.717, 1.165) is 16.9 Å². The quantitative estimate of drug-likeness (QED) is 0.794. The Hall–Kier alpha value is -1.81. The Morgan fingerprint density at radius 1 is 1.00 bits per heavy atom. The monoisotopic (exact) mass is 234 g/mol. The van der Waals surface area contributed by atoms with Crippen LogP contribution in [0.15, 0.2) is 30.0 Å². The Morgan fingerprint density at radius 3 is 2.12 bits per heavy atom. The van der Waals surface area contributed by atoms with Crippen LogP contribution in [0.2, 0.25) is 0 Å². The number of benzene rings is 1. The Bertz CT molecular complexity index is 459. The fourth-order valence-electron chi connectivity index (χ4n) is 1.91. The van der Waals surface area contributed by atoms with Crippen LogP contribution in [0.1, 0.15) is 5.56 Å². The molecule has 4 nitrogen and oxygen atoms in total. The van der Waals surface area contributed by atoms with E-state index in [1.807, 2.05) is 24.3 Å². The summed E-state index contributed by atoms with van der Waals surface area (Å²) in [6.45, 7) is 0. The predicted octanol–water partition coefficient (Wildman–Crippen LogP) is 1.65. The number of carbonyl (C=O) groups is 1. The summed E-state index contributed by atoms with van der Waals surface area (Å²) in [5, 5.41) is 0. The number of hydrogen-bond acceptors (Lipinski definition) is 4. The Morgan fingerprint density at radius 2 is 1.65 bits per heavy atom. The second-order valence-electron chi connectivity index (χ2n) is 3.66. The molecule has 0 amide bonds. The minimum Gasteiger partial charge on any atom is -0.497 e. The molecule has 0 saturated heterocycles. The van der Waals surface area contributed by atoms with Crippen molar-refractivity contribution in [1.29, 1.82) is 0 Å². The second-order valence-corrected chi connectivity index (χ2v) is 3.66. The summed E-state index contributed by atoms with van der Waals surface area (Å²) in [6.07, 6.45) is -0.515. The van der Waals surface area contributed by atoms with Gasteiger partial charge in [-0.1, -0.05) is 12.1 Å². The molecule has 1 aromatic carbocycles. The van der Waals surface area contributed by atoms with Gasteiger partial charge in [0.2, 0.25) is 5.78 Å². The van der Waals surface area contributed by atoms with Crippen molar-refractivity contribution in [2.45, 2.75) is 6.10 Å². The molecule has 1 unspecified atom stereocenters. The van der Waals surface area contributed by atoms with E-state index in [1.165, 1.54) is 14.2 Å². The third-order valence-corrected chi connectivity index (χ3v) is 2.81. The Balaban J connectivity index is 2.37. The van der Waals surface area contributed by atoms with Gasteiger partial charge in [-0.2, -0.15) is 0 Å². The molecule has 17 heavy (non-hydrogen) atoms. The SMILES string of the molecule is COC1=C(c2ccc(OC)cc2)C(OC)C1=O. The van der Waals surface area contributed by atoms with Gasteiger partial charge >= 0.3 is 0 Å². The lowest BCUT2D eigenvalue weighted by Gasteiger charge is -2.29. The average molecular weight is 234 g/mol. The lowest BCUT2D eigenvalue weighted by Crippen LogP contribution is -2.37. The molecule has 0 spiro atoms. The molecule has 0 fully saturated rings. The van der Waals surface area contributed by atoms with Crippen LogP contribution in [0.25, 0.3) is 5.57 Å². The highest BCUT2D eigenvalue weighted by Gasteiger charge is 2.41. The largest absolute Gasteiger partial charge is 0.497 e. The van der Waals surface area contributed by atoms with E-state index in [-0.39, 0.29) is 5.78 Å². The number of Topliss-reactive ketones (excluding diaryl/α,β-unsaturated/α-hetero) is 1. The number of carbonyl (C=O) groups excluding carboxylic acids is 1. The van der Waals surface area contributed by atoms with Crippen LogP contribution in [-0.4, -0.2) is 33.2 Å². The van der Waals surface area contributed by atoms with Crippen LogP contribution in [0.4, 0.5) is 0 Å². The first-order valence-corrected chi connectivity index (χ1v) is 5.22. The molecule has 0 aliphatic heterocycles. The van der Waals surface area contributed by atoms with E-state index in [0.29, 0.717) is 5.76 Å². The number of ether oxygens (including phenoxy) is 3. The van der Waals surface area contributed by atoms with Crippen LogP contribution in [0.3, 0.4) is 0 Å². The second kappa shape index (κ2) is 4.59. The lowest BCUT2D eigenvalue weighted by atomic mass is 9.85. The number of hydrogen-bond donors (Lipinski definition) is 0. The summed E-state index contributed by atoms with van der Waals surface area (Å²) in [5.74, 6) is 1.04. The van der Waals surface area contributed by atoms with E-state index in [9.17, 15) is 4.79 Å². The van der Waals surface area contributed by atoms with Crippen molar-refractivity contribution in [3.8, 4) is 5.75 Å². The molecule has 1 aliphatic rings. The van der Waals surface area contributed by atoms with Crippen LogP contribution >= 0.6 is 0 Å². The minimum absolute atomic E-state index is 0.110. The Kier molecular flexibility index (Phi) is 3.15. The number of methoxy groups -OCH3 is 3. The molecule has 90 valence electrons. The first-order valence-electron chi connectivity index (χ1n) is 5.22. The van der Waals surface area contributed by atoms with Crippen LogP contribution in [0.5, 0.6) is 5.75 Å². The smallest absolute Gasteiger partial charge is 0.231 e. The van der Waals surface area contributed by atoms with Crippen molar-refractivity contribution in [1.82, 2.24) is 0 Å². The highest BCUT2D eigenvalue weighted by Crippen LogP contribution is 2.36. The normalized spacial score (nSPS) is 19.0. The molecule has 1 aromatic rings. The molecule has 1 aliphatic carbocycles. The van der Waals surface area contributed by atoms with E-state index >= 15 is 0 Å². The van der Waals surface area contributed by atoms with Crippen molar-refractivity contribution in [2.24, 2.45) is 0 Å². The maximum absolute atomic E-state index is 11.6. The zero-order valence-electron chi connectivity index (χ0n) is 10.0. The molecule has 0 radical (unpaired) electrons. The molecule has 0 N–H and O–H groups in total. The molecule has 0 heterocycles. The number of rotatable bonds is 4. The standard InChI is InChI=1S/C13H14O4/c1-15-9-6-4-8(5-7-9)10-12(16-2)11(14)13(10)17-3/h4-7,12H,1-3H3. The minimum atomic E-state index is -0.515. The first-order chi connectivity index (χ1) is 8.22. The molecule has 4 heteroatoms. The third-order valence-electron chi connectivity index (χ3n) is 2.81. The fraction of sp³-hybridized carbons (Fsp3) is 0.308. The molecular weight excluding hydrogens is 220 g/mol. The van der Waals surface area contributed by atoms with Gasteiger partial charge in [0, 0.05) is 12.7 Å². The van der Waals surface area contributed by atoms with Crippen molar-refractivity contribution in [3.05, 3.63) is 35.6 Å². The summed E-state index contributed by atoms with van der Waals surface area (Å²) >= 11 is 0. The molecule has 0 aromatic heterocycles. The summed E-state index contributed by atoms with van der Waals surface area (Å²) in [6, 6.07) is 7.44.